The summed E-state index contributed by atoms with van der Waals surface area (Å²) in [6.07, 6.45) is -4.25. The first kappa shape index (κ1) is 12.8. The maximum absolute atomic E-state index is 9.58. The Balaban J connectivity index is 2.71. The van der Waals surface area contributed by atoms with E-state index in [2.05, 4.69) is 0 Å². The summed E-state index contributed by atoms with van der Waals surface area (Å²) in [6.45, 7) is -1.40. The third-order valence-corrected chi connectivity index (χ3v) is 2.32. The van der Waals surface area contributed by atoms with E-state index in [1.807, 2.05) is 0 Å². The van der Waals surface area contributed by atoms with Crippen LogP contribution in [0.2, 0.25) is 0 Å². The molecule has 1 aliphatic heterocycles. The van der Waals surface area contributed by atoms with E-state index >= 15 is 0 Å². The lowest BCUT2D eigenvalue weighted by molar-refractivity contribution is -0.349. The Morgan fingerprint density at radius 2 is 1.93 bits per heavy atom. The molecule has 0 aromatic heterocycles. The second kappa shape index (κ2) is 5.17. The number of hydrogen-bond acceptors (Lipinski definition) is 7. The highest BCUT2D eigenvalue weighted by Crippen LogP contribution is 2.27. The van der Waals surface area contributed by atoms with E-state index in [9.17, 15) is 15.3 Å². The Kier molecular flexibility index (Phi) is 4.41. The van der Waals surface area contributed by atoms with Gasteiger partial charge in [0.05, 0.1) is 19.8 Å². The van der Waals surface area contributed by atoms with Gasteiger partial charge in [0, 0.05) is 0 Å². The lowest BCUT2D eigenvalue weighted by Crippen LogP contribution is -2.64. The van der Waals surface area contributed by atoms with Gasteiger partial charge in [0.15, 0.2) is 0 Å². The van der Waals surface area contributed by atoms with E-state index in [1.54, 1.807) is 0 Å². The molecule has 0 aromatic carbocycles. The zero-order valence-electron chi connectivity index (χ0n) is 8.11. The quantitative estimate of drug-likeness (QED) is 0.341. The fraction of sp³-hybridized carbons (Fsp3) is 1.00. The van der Waals surface area contributed by atoms with Crippen molar-refractivity contribution in [3.8, 4) is 0 Å². The van der Waals surface area contributed by atoms with Crippen molar-refractivity contribution >= 4 is 0 Å². The van der Waals surface area contributed by atoms with Crippen LogP contribution in [-0.4, -0.2) is 76.1 Å². The average molecular weight is 224 g/mol. The SMILES string of the molecule is OCCOC1(CO)OC[C@@H](O)[C@H](O)[C@H]1O. The minimum atomic E-state index is -1.78. The van der Waals surface area contributed by atoms with Crippen molar-refractivity contribution in [1.82, 2.24) is 0 Å². The smallest absolute Gasteiger partial charge is 0.221 e. The Hall–Kier alpha value is -0.280. The second-order valence-electron chi connectivity index (χ2n) is 3.36. The Morgan fingerprint density at radius 1 is 1.27 bits per heavy atom. The molecule has 0 saturated carbocycles. The predicted octanol–water partition coefficient (Wildman–Crippen LogP) is -3.20. The van der Waals surface area contributed by atoms with Gasteiger partial charge in [0.25, 0.3) is 0 Å². The van der Waals surface area contributed by atoms with Crippen molar-refractivity contribution in [1.29, 1.82) is 0 Å². The average Bonchev–Trinajstić information content (AvgIpc) is 2.26. The molecule has 1 heterocycles. The largest absolute Gasteiger partial charge is 0.394 e. The van der Waals surface area contributed by atoms with Crippen LogP contribution in [0.15, 0.2) is 0 Å². The van der Waals surface area contributed by atoms with Crippen LogP contribution in [0.4, 0.5) is 0 Å². The molecule has 15 heavy (non-hydrogen) atoms. The van der Waals surface area contributed by atoms with Crippen LogP contribution >= 0.6 is 0 Å². The minimum absolute atomic E-state index is 0.152. The van der Waals surface area contributed by atoms with Crippen molar-refractivity contribution < 1.29 is 35.0 Å². The van der Waals surface area contributed by atoms with E-state index in [0.29, 0.717) is 0 Å². The van der Waals surface area contributed by atoms with Crippen LogP contribution in [0.25, 0.3) is 0 Å². The molecule has 0 aliphatic carbocycles. The molecule has 1 fully saturated rings. The molecule has 1 aliphatic rings. The Labute approximate surface area is 86.5 Å². The second-order valence-corrected chi connectivity index (χ2v) is 3.36. The number of ether oxygens (including phenoxy) is 2. The summed E-state index contributed by atoms with van der Waals surface area (Å²) in [4.78, 5) is 0. The van der Waals surface area contributed by atoms with Crippen molar-refractivity contribution in [2.24, 2.45) is 0 Å². The standard InChI is InChI=1S/C8H16O7/c9-1-2-14-8(4-10)7(13)6(12)5(11)3-15-8/h5-7,9-13H,1-4H2/t5-,6+,7-,8?/m1/s1. The molecule has 5 N–H and O–H groups in total. The fourth-order valence-electron chi connectivity index (χ4n) is 1.41. The number of aliphatic hydroxyl groups is 5. The first-order valence-corrected chi connectivity index (χ1v) is 4.61. The van der Waals surface area contributed by atoms with E-state index in [4.69, 9.17) is 19.7 Å². The van der Waals surface area contributed by atoms with E-state index in [-0.39, 0.29) is 19.8 Å². The number of hydrogen-bond donors (Lipinski definition) is 5. The van der Waals surface area contributed by atoms with Gasteiger partial charge in [0.2, 0.25) is 5.79 Å². The molecule has 0 bridgehead atoms. The summed E-state index contributed by atoms with van der Waals surface area (Å²) in [5, 5.41) is 45.8. The number of aliphatic hydroxyl groups excluding tert-OH is 5. The molecule has 1 saturated heterocycles. The number of rotatable bonds is 4. The molecule has 1 rings (SSSR count). The van der Waals surface area contributed by atoms with Gasteiger partial charge in [-0.25, -0.2) is 0 Å². The predicted molar refractivity (Wildman–Crippen MR) is 46.8 cm³/mol. The fourth-order valence-corrected chi connectivity index (χ4v) is 1.41. The van der Waals surface area contributed by atoms with Crippen molar-refractivity contribution in [3.63, 3.8) is 0 Å². The van der Waals surface area contributed by atoms with Crippen LogP contribution in [0, 0.1) is 0 Å². The molecule has 1 unspecified atom stereocenters. The highest BCUT2D eigenvalue weighted by atomic mass is 16.7. The maximum Gasteiger partial charge on any atom is 0.221 e. The summed E-state index contributed by atoms with van der Waals surface area (Å²) in [7, 11) is 0. The van der Waals surface area contributed by atoms with E-state index in [0.717, 1.165) is 0 Å². The van der Waals surface area contributed by atoms with Crippen LogP contribution in [0.1, 0.15) is 0 Å². The highest BCUT2D eigenvalue weighted by molar-refractivity contribution is 4.92. The molecular weight excluding hydrogens is 208 g/mol. The van der Waals surface area contributed by atoms with Crippen LogP contribution in [0.5, 0.6) is 0 Å². The van der Waals surface area contributed by atoms with Gasteiger partial charge in [-0.05, 0) is 0 Å². The van der Waals surface area contributed by atoms with Gasteiger partial charge < -0.3 is 35.0 Å². The third-order valence-electron chi connectivity index (χ3n) is 2.32. The Morgan fingerprint density at radius 3 is 2.47 bits per heavy atom. The summed E-state index contributed by atoms with van der Waals surface area (Å²) in [6, 6.07) is 0. The zero-order valence-corrected chi connectivity index (χ0v) is 8.11. The monoisotopic (exact) mass is 224 g/mol. The zero-order chi connectivity index (χ0) is 11.5. The normalized spacial score (nSPS) is 41.8. The van der Waals surface area contributed by atoms with Gasteiger partial charge in [-0.3, -0.25) is 0 Å². The minimum Gasteiger partial charge on any atom is -0.394 e. The molecule has 0 amide bonds. The summed E-state index contributed by atoms with van der Waals surface area (Å²) in [5.41, 5.74) is 0. The highest BCUT2D eigenvalue weighted by Gasteiger charge is 2.50. The first-order chi connectivity index (χ1) is 7.07. The maximum atomic E-state index is 9.58. The van der Waals surface area contributed by atoms with Gasteiger partial charge >= 0.3 is 0 Å². The summed E-state index contributed by atoms with van der Waals surface area (Å²) in [5.74, 6) is -1.78. The first-order valence-electron chi connectivity index (χ1n) is 4.61. The molecule has 90 valence electrons. The lowest BCUT2D eigenvalue weighted by Gasteiger charge is -2.43. The van der Waals surface area contributed by atoms with Crippen molar-refractivity contribution in [2.75, 3.05) is 26.4 Å². The third kappa shape index (κ3) is 2.45. The van der Waals surface area contributed by atoms with Crippen LogP contribution in [-0.2, 0) is 9.47 Å². The molecule has 7 heteroatoms. The Bertz CT molecular complexity index is 195. The van der Waals surface area contributed by atoms with Crippen LogP contribution in [0.3, 0.4) is 0 Å². The van der Waals surface area contributed by atoms with Crippen molar-refractivity contribution in [3.05, 3.63) is 0 Å². The van der Waals surface area contributed by atoms with E-state index < -0.39 is 30.7 Å². The van der Waals surface area contributed by atoms with Gasteiger partial charge in [0.1, 0.15) is 24.9 Å². The summed E-state index contributed by atoms with van der Waals surface area (Å²) >= 11 is 0. The van der Waals surface area contributed by atoms with Crippen molar-refractivity contribution in [2.45, 2.75) is 24.1 Å². The van der Waals surface area contributed by atoms with Gasteiger partial charge in [-0.1, -0.05) is 0 Å². The lowest BCUT2D eigenvalue weighted by atomic mass is 9.97. The topological polar surface area (TPSA) is 120 Å². The van der Waals surface area contributed by atoms with E-state index in [1.165, 1.54) is 0 Å². The molecule has 0 radical (unpaired) electrons. The molecule has 7 nitrogen and oxygen atoms in total. The van der Waals surface area contributed by atoms with Gasteiger partial charge in [-0.2, -0.15) is 0 Å². The molecular formula is C8H16O7. The van der Waals surface area contributed by atoms with Crippen LogP contribution < -0.4 is 0 Å². The summed E-state index contributed by atoms with van der Waals surface area (Å²) < 4.78 is 9.93. The molecule has 0 aromatic rings. The molecule has 0 spiro atoms. The molecule has 4 atom stereocenters. The van der Waals surface area contributed by atoms with Gasteiger partial charge in [-0.15, -0.1) is 0 Å².